The molecule has 0 aliphatic carbocycles. The van der Waals surface area contributed by atoms with Gasteiger partial charge >= 0.3 is 0 Å². The van der Waals surface area contributed by atoms with Crippen LogP contribution in [0.3, 0.4) is 0 Å². The van der Waals surface area contributed by atoms with Crippen molar-refractivity contribution in [3.8, 4) is 0 Å². The van der Waals surface area contributed by atoms with Gasteiger partial charge in [-0.25, -0.2) is 0 Å². The zero-order valence-electron chi connectivity index (χ0n) is 12.1. The molecule has 0 bridgehead atoms. The van der Waals surface area contributed by atoms with Crippen LogP contribution in [0.2, 0.25) is 5.02 Å². The van der Waals surface area contributed by atoms with Crippen LogP contribution >= 0.6 is 23.4 Å². The lowest BCUT2D eigenvalue weighted by Crippen LogP contribution is -2.24. The second-order valence-corrected chi connectivity index (χ2v) is 6.67. The van der Waals surface area contributed by atoms with E-state index in [1.54, 1.807) is 0 Å². The Bertz CT molecular complexity index is 326. The highest BCUT2D eigenvalue weighted by molar-refractivity contribution is 7.99. The first-order valence-electron chi connectivity index (χ1n) is 7.29. The SMILES string of the molecule is CCNCC(CCCSCC)Cc1ccc(Cl)cc1. The monoisotopic (exact) mass is 299 g/mol. The average molecular weight is 300 g/mol. The molecule has 0 aliphatic rings. The van der Waals surface area contributed by atoms with Gasteiger partial charge in [0, 0.05) is 5.02 Å². The number of hydrogen-bond donors (Lipinski definition) is 1. The largest absolute Gasteiger partial charge is 0.317 e. The Labute approximate surface area is 127 Å². The molecule has 0 radical (unpaired) electrons. The summed E-state index contributed by atoms with van der Waals surface area (Å²) in [6.45, 7) is 6.58. The molecule has 0 heterocycles. The highest BCUT2D eigenvalue weighted by atomic mass is 35.5. The third-order valence-corrected chi connectivity index (χ3v) is 4.46. The second kappa shape index (κ2) is 10.6. The second-order valence-electron chi connectivity index (χ2n) is 4.84. The van der Waals surface area contributed by atoms with Crippen LogP contribution in [0.15, 0.2) is 24.3 Å². The summed E-state index contributed by atoms with van der Waals surface area (Å²) in [5.41, 5.74) is 1.40. The summed E-state index contributed by atoms with van der Waals surface area (Å²) in [5.74, 6) is 3.26. The molecular weight excluding hydrogens is 274 g/mol. The Morgan fingerprint density at radius 1 is 1.21 bits per heavy atom. The standard InChI is InChI=1S/C16H26ClNS/c1-3-18-13-15(6-5-11-19-4-2)12-14-7-9-16(17)10-8-14/h7-10,15,18H,3-6,11-13H2,1-2H3. The number of nitrogens with one attached hydrogen (secondary N) is 1. The van der Waals surface area contributed by atoms with Crippen LogP contribution in [0.5, 0.6) is 0 Å². The van der Waals surface area contributed by atoms with Crippen molar-refractivity contribution in [1.82, 2.24) is 5.32 Å². The van der Waals surface area contributed by atoms with Crippen LogP contribution in [0, 0.1) is 5.92 Å². The Morgan fingerprint density at radius 3 is 2.58 bits per heavy atom. The van der Waals surface area contributed by atoms with Gasteiger partial charge in [-0.3, -0.25) is 0 Å². The normalized spacial score (nSPS) is 12.6. The Morgan fingerprint density at radius 2 is 1.95 bits per heavy atom. The molecule has 0 spiro atoms. The molecule has 108 valence electrons. The molecule has 0 fully saturated rings. The summed E-state index contributed by atoms with van der Waals surface area (Å²) < 4.78 is 0. The number of benzene rings is 1. The maximum atomic E-state index is 5.94. The van der Waals surface area contributed by atoms with Gasteiger partial charge in [-0.1, -0.05) is 37.6 Å². The first-order chi connectivity index (χ1) is 9.26. The zero-order chi connectivity index (χ0) is 13.9. The fourth-order valence-corrected chi connectivity index (χ4v) is 2.98. The van der Waals surface area contributed by atoms with Crippen LogP contribution in [0.1, 0.15) is 32.3 Å². The van der Waals surface area contributed by atoms with Crippen LogP contribution in [0.4, 0.5) is 0 Å². The number of thioether (sulfide) groups is 1. The van der Waals surface area contributed by atoms with Gasteiger partial charge in [0.1, 0.15) is 0 Å². The van der Waals surface area contributed by atoms with Crippen molar-refractivity contribution in [3.05, 3.63) is 34.9 Å². The van der Waals surface area contributed by atoms with Crippen LogP contribution < -0.4 is 5.32 Å². The number of hydrogen-bond acceptors (Lipinski definition) is 2. The Kier molecular flexibility index (Phi) is 9.40. The minimum absolute atomic E-state index is 0.735. The fourth-order valence-electron chi connectivity index (χ4n) is 2.20. The van der Waals surface area contributed by atoms with E-state index in [1.807, 2.05) is 23.9 Å². The number of rotatable bonds is 10. The van der Waals surface area contributed by atoms with E-state index >= 15 is 0 Å². The van der Waals surface area contributed by atoms with E-state index < -0.39 is 0 Å². The van der Waals surface area contributed by atoms with E-state index in [2.05, 4.69) is 31.3 Å². The molecule has 1 unspecified atom stereocenters. The van der Waals surface area contributed by atoms with Gasteiger partial charge in [-0.05, 0) is 67.5 Å². The van der Waals surface area contributed by atoms with Gasteiger partial charge in [0.2, 0.25) is 0 Å². The minimum atomic E-state index is 0.735. The maximum Gasteiger partial charge on any atom is 0.0406 e. The molecule has 0 saturated carbocycles. The molecular formula is C16H26ClNS. The lowest BCUT2D eigenvalue weighted by molar-refractivity contribution is 0.446. The summed E-state index contributed by atoms with van der Waals surface area (Å²) in [6.07, 6.45) is 3.78. The van der Waals surface area contributed by atoms with Gasteiger partial charge in [0.25, 0.3) is 0 Å². The van der Waals surface area contributed by atoms with Crippen molar-refractivity contribution >= 4 is 23.4 Å². The molecule has 1 atom stereocenters. The molecule has 0 aromatic heterocycles. The van der Waals surface area contributed by atoms with Crippen LogP contribution in [-0.2, 0) is 6.42 Å². The van der Waals surface area contributed by atoms with Gasteiger partial charge in [-0.2, -0.15) is 11.8 Å². The predicted molar refractivity (Wildman–Crippen MR) is 89.4 cm³/mol. The average Bonchev–Trinajstić information content (AvgIpc) is 2.43. The first-order valence-corrected chi connectivity index (χ1v) is 8.82. The lowest BCUT2D eigenvalue weighted by atomic mass is 9.95. The fraction of sp³-hybridized carbons (Fsp3) is 0.625. The molecule has 0 aliphatic heterocycles. The first kappa shape index (κ1) is 16.9. The van der Waals surface area contributed by atoms with Crippen LogP contribution in [-0.4, -0.2) is 24.6 Å². The molecule has 0 amide bonds. The van der Waals surface area contributed by atoms with E-state index in [4.69, 9.17) is 11.6 Å². The molecule has 0 saturated heterocycles. The minimum Gasteiger partial charge on any atom is -0.317 e. The van der Waals surface area contributed by atoms with E-state index in [9.17, 15) is 0 Å². The zero-order valence-corrected chi connectivity index (χ0v) is 13.7. The Hall–Kier alpha value is -0.180. The lowest BCUT2D eigenvalue weighted by Gasteiger charge is -2.17. The summed E-state index contributed by atoms with van der Waals surface area (Å²) in [7, 11) is 0. The van der Waals surface area contributed by atoms with Crippen molar-refractivity contribution in [1.29, 1.82) is 0 Å². The van der Waals surface area contributed by atoms with Crippen molar-refractivity contribution in [3.63, 3.8) is 0 Å². The molecule has 1 aromatic carbocycles. The highest BCUT2D eigenvalue weighted by Crippen LogP contribution is 2.17. The smallest absolute Gasteiger partial charge is 0.0406 e. The molecule has 1 rings (SSSR count). The van der Waals surface area contributed by atoms with Crippen molar-refractivity contribution in [2.45, 2.75) is 33.1 Å². The van der Waals surface area contributed by atoms with E-state index in [0.29, 0.717) is 0 Å². The van der Waals surface area contributed by atoms with E-state index in [0.717, 1.165) is 30.5 Å². The quantitative estimate of drug-likeness (QED) is 0.632. The van der Waals surface area contributed by atoms with E-state index in [1.165, 1.54) is 29.9 Å². The third-order valence-electron chi connectivity index (χ3n) is 3.23. The highest BCUT2D eigenvalue weighted by Gasteiger charge is 2.09. The van der Waals surface area contributed by atoms with Gasteiger partial charge < -0.3 is 5.32 Å². The van der Waals surface area contributed by atoms with Gasteiger partial charge in [0.05, 0.1) is 0 Å². The van der Waals surface area contributed by atoms with Gasteiger partial charge in [-0.15, -0.1) is 0 Å². The molecule has 19 heavy (non-hydrogen) atoms. The topological polar surface area (TPSA) is 12.0 Å². The summed E-state index contributed by atoms with van der Waals surface area (Å²) >= 11 is 7.98. The predicted octanol–water partition coefficient (Wildman–Crippen LogP) is 4.64. The van der Waals surface area contributed by atoms with Gasteiger partial charge in [0.15, 0.2) is 0 Å². The number of halogens is 1. The maximum absolute atomic E-state index is 5.94. The molecule has 1 nitrogen and oxygen atoms in total. The summed E-state index contributed by atoms with van der Waals surface area (Å²) in [4.78, 5) is 0. The van der Waals surface area contributed by atoms with Crippen LogP contribution in [0.25, 0.3) is 0 Å². The summed E-state index contributed by atoms with van der Waals surface area (Å²) in [5, 5.41) is 4.31. The Balaban J connectivity index is 2.41. The van der Waals surface area contributed by atoms with Crippen molar-refractivity contribution < 1.29 is 0 Å². The molecule has 3 heteroatoms. The van der Waals surface area contributed by atoms with Crippen molar-refractivity contribution in [2.75, 3.05) is 24.6 Å². The molecule has 1 N–H and O–H groups in total. The molecule has 1 aromatic rings. The third kappa shape index (κ3) is 7.86. The van der Waals surface area contributed by atoms with E-state index in [-0.39, 0.29) is 0 Å². The van der Waals surface area contributed by atoms with Crippen molar-refractivity contribution in [2.24, 2.45) is 5.92 Å². The summed E-state index contributed by atoms with van der Waals surface area (Å²) in [6, 6.07) is 8.30.